The number of rotatable bonds is 4. The highest BCUT2D eigenvalue weighted by Crippen LogP contribution is 2.13. The van der Waals surface area contributed by atoms with Gasteiger partial charge in [0, 0.05) is 16.6 Å². The molecule has 0 aliphatic heterocycles. The average Bonchev–Trinajstić information content (AvgIpc) is 2.76. The van der Waals surface area contributed by atoms with Crippen LogP contribution < -0.4 is 0 Å². The summed E-state index contributed by atoms with van der Waals surface area (Å²) in [5.74, 6) is 0. The fourth-order valence-corrected chi connectivity index (χ4v) is 2.34. The van der Waals surface area contributed by atoms with Crippen molar-refractivity contribution in [3.63, 3.8) is 0 Å². The predicted octanol–water partition coefficient (Wildman–Crippen LogP) is 6.91. The van der Waals surface area contributed by atoms with Crippen molar-refractivity contribution in [1.29, 1.82) is 0 Å². The van der Waals surface area contributed by atoms with Crippen LogP contribution in [0, 0.1) is 0 Å². The van der Waals surface area contributed by atoms with Gasteiger partial charge in [0.05, 0.1) is 5.52 Å². The van der Waals surface area contributed by atoms with Gasteiger partial charge in [-0.05, 0) is 36.6 Å². The summed E-state index contributed by atoms with van der Waals surface area (Å²) in [7, 11) is 0. The number of aryl methyl sites for hydroxylation is 2. The minimum absolute atomic E-state index is 0.731. The molecule has 2 nitrogen and oxygen atoms in total. The Morgan fingerprint density at radius 2 is 1.46 bits per heavy atom. The Hall–Kier alpha value is -2.48. The van der Waals surface area contributed by atoms with Crippen LogP contribution in [0.4, 0.5) is 0 Å². The first-order valence-corrected chi connectivity index (χ1v) is 9.74. The van der Waals surface area contributed by atoms with Gasteiger partial charge >= 0.3 is 0 Å². The number of fused-ring (bicyclic) bond motifs is 1. The van der Waals surface area contributed by atoms with E-state index in [0.29, 0.717) is 0 Å². The minimum Gasteiger partial charge on any atom is -0.298 e. The average molecular weight is 352 g/mol. The zero-order valence-electron chi connectivity index (χ0n) is 17.1. The summed E-state index contributed by atoms with van der Waals surface area (Å²) >= 11 is 0. The van der Waals surface area contributed by atoms with Crippen LogP contribution in [0.1, 0.15) is 63.2 Å². The van der Waals surface area contributed by atoms with Gasteiger partial charge in [-0.25, -0.2) is 0 Å². The Labute approximate surface area is 159 Å². The largest absolute Gasteiger partial charge is 0.298 e. The van der Waals surface area contributed by atoms with E-state index in [1.165, 1.54) is 10.9 Å². The molecule has 26 heavy (non-hydrogen) atoms. The van der Waals surface area contributed by atoms with Crippen LogP contribution >= 0.6 is 0 Å². The SMILES string of the molecule is CC.CC.CC.O=Cc1cccc(CCc2ccc3ccccc3n2)c1. The highest BCUT2D eigenvalue weighted by molar-refractivity contribution is 5.78. The number of hydrogen-bond donors (Lipinski definition) is 0. The lowest BCUT2D eigenvalue weighted by molar-refractivity contribution is 0.112. The van der Waals surface area contributed by atoms with E-state index >= 15 is 0 Å². The lowest BCUT2D eigenvalue weighted by atomic mass is 10.0. The number of carbonyl (C=O) groups is 1. The molecule has 0 amide bonds. The predicted molar refractivity (Wildman–Crippen MR) is 115 cm³/mol. The van der Waals surface area contributed by atoms with Crippen molar-refractivity contribution in [3.8, 4) is 0 Å². The third kappa shape index (κ3) is 7.60. The summed E-state index contributed by atoms with van der Waals surface area (Å²) < 4.78 is 0. The molecule has 3 rings (SSSR count). The highest BCUT2D eigenvalue weighted by atomic mass is 16.1. The van der Waals surface area contributed by atoms with Crippen LogP contribution in [0.5, 0.6) is 0 Å². The van der Waals surface area contributed by atoms with Crippen LogP contribution in [0.15, 0.2) is 60.7 Å². The molecule has 0 saturated carbocycles. The van der Waals surface area contributed by atoms with Crippen molar-refractivity contribution in [2.75, 3.05) is 0 Å². The molecule has 0 N–H and O–H groups in total. The normalized spacial score (nSPS) is 8.85. The zero-order valence-corrected chi connectivity index (χ0v) is 17.1. The number of aldehydes is 1. The van der Waals surface area contributed by atoms with E-state index in [2.05, 4.69) is 23.2 Å². The zero-order chi connectivity index (χ0) is 19.8. The van der Waals surface area contributed by atoms with Gasteiger partial charge in [-0.3, -0.25) is 9.78 Å². The van der Waals surface area contributed by atoms with Gasteiger partial charge < -0.3 is 0 Å². The van der Waals surface area contributed by atoms with Crippen molar-refractivity contribution in [2.45, 2.75) is 54.4 Å². The second kappa shape index (κ2) is 14.8. The summed E-state index contributed by atoms with van der Waals surface area (Å²) in [5, 5.41) is 1.17. The lowest BCUT2D eigenvalue weighted by Crippen LogP contribution is -1.95. The van der Waals surface area contributed by atoms with E-state index in [9.17, 15) is 4.79 Å². The van der Waals surface area contributed by atoms with Gasteiger partial charge in [0.25, 0.3) is 0 Å². The van der Waals surface area contributed by atoms with Crippen molar-refractivity contribution in [1.82, 2.24) is 4.98 Å². The molecule has 0 fully saturated rings. The number of pyridine rings is 1. The summed E-state index contributed by atoms with van der Waals surface area (Å²) in [6.07, 6.45) is 2.66. The van der Waals surface area contributed by atoms with Gasteiger partial charge in [0.1, 0.15) is 6.29 Å². The number of carbonyl (C=O) groups excluding carboxylic acids is 1. The van der Waals surface area contributed by atoms with Crippen LogP contribution in [-0.4, -0.2) is 11.3 Å². The molecular formula is C24H33NO. The molecule has 0 spiro atoms. The topological polar surface area (TPSA) is 30.0 Å². The molecule has 0 bridgehead atoms. The first kappa shape index (κ1) is 23.5. The Morgan fingerprint density at radius 3 is 2.15 bits per heavy atom. The Morgan fingerprint density at radius 1 is 0.769 bits per heavy atom. The molecule has 0 aliphatic rings. The summed E-state index contributed by atoms with van der Waals surface area (Å²) in [4.78, 5) is 15.4. The maximum Gasteiger partial charge on any atom is 0.150 e. The third-order valence-corrected chi connectivity index (χ3v) is 3.41. The van der Waals surface area contributed by atoms with E-state index in [1.54, 1.807) is 0 Å². The second-order valence-corrected chi connectivity index (χ2v) is 4.86. The Balaban J connectivity index is 0.000000948. The first-order valence-electron chi connectivity index (χ1n) is 9.74. The van der Waals surface area contributed by atoms with Crippen molar-refractivity contribution in [3.05, 3.63) is 77.5 Å². The molecule has 1 heterocycles. The Kier molecular flexibility index (Phi) is 13.4. The fourth-order valence-electron chi connectivity index (χ4n) is 2.34. The highest BCUT2D eigenvalue weighted by Gasteiger charge is 2.00. The van der Waals surface area contributed by atoms with Crippen LogP contribution in [-0.2, 0) is 12.8 Å². The maximum atomic E-state index is 10.8. The standard InChI is InChI=1S/C18H15NO.3C2H6/c20-13-15-5-3-4-14(12-15)8-10-17-11-9-16-6-1-2-7-18(16)19-17;3*1-2/h1-7,9,11-13H,8,10H2;3*1-2H3. The third-order valence-electron chi connectivity index (χ3n) is 3.41. The van der Waals surface area contributed by atoms with Crippen LogP contribution in [0.25, 0.3) is 10.9 Å². The second-order valence-electron chi connectivity index (χ2n) is 4.86. The number of benzene rings is 2. The van der Waals surface area contributed by atoms with E-state index in [0.717, 1.165) is 35.9 Å². The summed E-state index contributed by atoms with van der Waals surface area (Å²) in [5.41, 5.74) is 4.02. The van der Waals surface area contributed by atoms with Gasteiger partial charge in [-0.15, -0.1) is 0 Å². The van der Waals surface area contributed by atoms with Crippen molar-refractivity contribution >= 4 is 17.2 Å². The van der Waals surface area contributed by atoms with E-state index < -0.39 is 0 Å². The molecule has 0 saturated heterocycles. The molecule has 0 aliphatic carbocycles. The van der Waals surface area contributed by atoms with Gasteiger partial charge in [-0.1, -0.05) is 84.0 Å². The van der Waals surface area contributed by atoms with E-state index in [-0.39, 0.29) is 0 Å². The number of para-hydroxylation sites is 1. The van der Waals surface area contributed by atoms with Crippen LogP contribution in [0.3, 0.4) is 0 Å². The number of aromatic nitrogens is 1. The van der Waals surface area contributed by atoms with Crippen molar-refractivity contribution < 1.29 is 4.79 Å². The molecule has 0 unspecified atom stereocenters. The number of nitrogens with zero attached hydrogens (tertiary/aromatic N) is 1. The van der Waals surface area contributed by atoms with Gasteiger partial charge in [0.15, 0.2) is 0 Å². The fraction of sp³-hybridized carbons (Fsp3) is 0.333. The molecule has 3 aromatic rings. The molecule has 2 aromatic carbocycles. The maximum absolute atomic E-state index is 10.8. The summed E-state index contributed by atoms with van der Waals surface area (Å²) in [6.45, 7) is 12.0. The Bertz CT molecular complexity index is 750. The lowest BCUT2D eigenvalue weighted by Gasteiger charge is -2.04. The molecular weight excluding hydrogens is 318 g/mol. The van der Waals surface area contributed by atoms with Crippen molar-refractivity contribution in [2.24, 2.45) is 0 Å². The molecule has 1 aromatic heterocycles. The smallest absolute Gasteiger partial charge is 0.150 e. The first-order chi connectivity index (χ1) is 12.8. The van der Waals surface area contributed by atoms with Gasteiger partial charge in [-0.2, -0.15) is 0 Å². The minimum atomic E-state index is 0.731. The quantitative estimate of drug-likeness (QED) is 0.478. The summed E-state index contributed by atoms with van der Waals surface area (Å²) in [6, 6.07) is 20.1. The molecule has 0 atom stereocenters. The molecule has 2 heteroatoms. The van der Waals surface area contributed by atoms with Gasteiger partial charge in [0.2, 0.25) is 0 Å². The van der Waals surface area contributed by atoms with E-state index in [1.807, 2.05) is 84.0 Å². The molecule has 140 valence electrons. The van der Waals surface area contributed by atoms with Crippen LogP contribution in [0.2, 0.25) is 0 Å². The monoisotopic (exact) mass is 351 g/mol. The molecule has 0 radical (unpaired) electrons. The number of hydrogen-bond acceptors (Lipinski definition) is 2. The van der Waals surface area contributed by atoms with E-state index in [4.69, 9.17) is 0 Å².